The molecule has 0 radical (unpaired) electrons. The van der Waals surface area contributed by atoms with Crippen LogP contribution in [-0.2, 0) is 19.1 Å². The molecule has 1 atom stereocenters. The molecule has 0 rings (SSSR count). The molecular weight excluding hydrogens is 885 g/mol. The predicted molar refractivity (Wildman–Crippen MR) is 315 cm³/mol. The molecule has 0 fully saturated rings. The van der Waals surface area contributed by atoms with Crippen molar-refractivity contribution in [3.05, 3.63) is 182 Å². The molecule has 5 heteroatoms. The van der Waals surface area contributed by atoms with Crippen molar-refractivity contribution < 1.29 is 24.2 Å². The van der Waals surface area contributed by atoms with Gasteiger partial charge in [0.1, 0.15) is 6.61 Å². The number of esters is 2. The summed E-state index contributed by atoms with van der Waals surface area (Å²) in [6.07, 6.45) is 95.7. The van der Waals surface area contributed by atoms with E-state index in [0.717, 1.165) is 154 Å². The minimum absolute atomic E-state index is 0.0950. The zero-order chi connectivity index (χ0) is 52.0. The van der Waals surface area contributed by atoms with Crippen LogP contribution in [-0.4, -0.2) is 36.4 Å². The lowest BCUT2D eigenvalue weighted by Crippen LogP contribution is -2.28. The van der Waals surface area contributed by atoms with E-state index in [1.54, 1.807) is 0 Å². The highest BCUT2D eigenvalue weighted by atomic mass is 16.6. The molecule has 0 aliphatic rings. The van der Waals surface area contributed by atoms with Crippen molar-refractivity contribution in [2.45, 2.75) is 213 Å². The van der Waals surface area contributed by atoms with Gasteiger partial charge in [-0.1, -0.05) is 241 Å². The molecule has 5 nitrogen and oxygen atoms in total. The first-order valence-corrected chi connectivity index (χ1v) is 28.3. The van der Waals surface area contributed by atoms with Gasteiger partial charge in [-0.05, 0) is 135 Å². The molecule has 400 valence electrons. The number of carbonyl (C=O) groups excluding carboxylic acids is 2. The minimum atomic E-state index is -0.803. The zero-order valence-electron chi connectivity index (χ0n) is 45.6. The maximum atomic E-state index is 12.3. The second-order valence-corrected chi connectivity index (χ2v) is 17.9. The molecule has 0 aromatic carbocycles. The molecule has 0 aromatic rings. The van der Waals surface area contributed by atoms with Gasteiger partial charge in [-0.25, -0.2) is 0 Å². The molecule has 0 aliphatic heterocycles. The van der Waals surface area contributed by atoms with Crippen LogP contribution in [0.3, 0.4) is 0 Å². The number of hydrogen-bond acceptors (Lipinski definition) is 5. The summed E-state index contributed by atoms with van der Waals surface area (Å²) in [5, 5.41) is 9.63. The highest BCUT2D eigenvalue weighted by molar-refractivity contribution is 5.70. The van der Waals surface area contributed by atoms with Gasteiger partial charge in [0.25, 0.3) is 0 Å². The van der Waals surface area contributed by atoms with Crippen molar-refractivity contribution in [2.75, 3.05) is 13.2 Å². The summed E-state index contributed by atoms with van der Waals surface area (Å²) < 4.78 is 10.6. The Morgan fingerprint density at radius 3 is 0.833 bits per heavy atom. The van der Waals surface area contributed by atoms with Crippen molar-refractivity contribution in [1.29, 1.82) is 0 Å². The van der Waals surface area contributed by atoms with Gasteiger partial charge in [0, 0.05) is 12.8 Å². The van der Waals surface area contributed by atoms with Crippen LogP contribution in [0.15, 0.2) is 182 Å². The van der Waals surface area contributed by atoms with Gasteiger partial charge in [-0.2, -0.15) is 0 Å². The van der Waals surface area contributed by atoms with E-state index in [4.69, 9.17) is 9.47 Å². The van der Waals surface area contributed by atoms with Crippen molar-refractivity contribution >= 4 is 11.9 Å². The lowest BCUT2D eigenvalue weighted by Gasteiger charge is -2.15. The molecule has 1 unspecified atom stereocenters. The van der Waals surface area contributed by atoms with Gasteiger partial charge in [0.2, 0.25) is 0 Å². The molecule has 0 aromatic heterocycles. The third-order valence-electron chi connectivity index (χ3n) is 11.2. The number of aliphatic hydroxyl groups excluding tert-OH is 1. The monoisotopic (exact) mass is 987 g/mol. The Kier molecular flexibility index (Phi) is 56.1. The van der Waals surface area contributed by atoms with Crippen LogP contribution in [0, 0.1) is 0 Å². The van der Waals surface area contributed by atoms with E-state index in [-0.39, 0.29) is 25.2 Å². The van der Waals surface area contributed by atoms with Gasteiger partial charge in [0.05, 0.1) is 6.61 Å². The van der Waals surface area contributed by atoms with Crippen LogP contribution < -0.4 is 0 Å². The predicted octanol–water partition coefficient (Wildman–Crippen LogP) is 19.5. The minimum Gasteiger partial charge on any atom is -0.462 e. The summed E-state index contributed by atoms with van der Waals surface area (Å²) in [5.74, 6) is -0.646. The fourth-order valence-corrected chi connectivity index (χ4v) is 7.02. The van der Waals surface area contributed by atoms with E-state index in [1.165, 1.54) is 25.7 Å². The first kappa shape index (κ1) is 67.0. The lowest BCUT2D eigenvalue weighted by atomic mass is 10.1. The Morgan fingerprint density at radius 1 is 0.319 bits per heavy atom. The number of hydrogen-bond donors (Lipinski definition) is 1. The van der Waals surface area contributed by atoms with Crippen LogP contribution >= 0.6 is 0 Å². The smallest absolute Gasteiger partial charge is 0.306 e. The molecule has 0 spiro atoms. The molecule has 0 heterocycles. The molecule has 1 N–H and O–H groups in total. The van der Waals surface area contributed by atoms with Gasteiger partial charge in [-0.3, -0.25) is 9.59 Å². The maximum Gasteiger partial charge on any atom is 0.306 e. The molecule has 0 aliphatic carbocycles. The average Bonchev–Trinajstić information content (AvgIpc) is 3.38. The van der Waals surface area contributed by atoms with E-state index >= 15 is 0 Å². The van der Waals surface area contributed by atoms with E-state index in [2.05, 4.69) is 196 Å². The Morgan fingerprint density at radius 2 is 0.556 bits per heavy atom. The normalized spacial score (nSPS) is 13.7. The van der Waals surface area contributed by atoms with Gasteiger partial charge in [-0.15, -0.1) is 0 Å². The number of rotatable bonds is 49. The van der Waals surface area contributed by atoms with Gasteiger partial charge >= 0.3 is 11.9 Å². The number of carbonyl (C=O) groups is 2. The number of aliphatic hydroxyl groups is 1. The highest BCUT2D eigenvalue weighted by Gasteiger charge is 2.16. The Labute approximate surface area is 442 Å². The molecule has 0 amide bonds. The first-order valence-electron chi connectivity index (χ1n) is 28.3. The summed E-state index contributed by atoms with van der Waals surface area (Å²) in [7, 11) is 0. The van der Waals surface area contributed by atoms with Crippen molar-refractivity contribution in [2.24, 2.45) is 0 Å². The zero-order valence-corrected chi connectivity index (χ0v) is 45.6. The van der Waals surface area contributed by atoms with Gasteiger partial charge in [0.15, 0.2) is 6.10 Å². The number of ether oxygens (including phenoxy) is 2. The topological polar surface area (TPSA) is 72.8 Å². The van der Waals surface area contributed by atoms with Crippen molar-refractivity contribution in [3.8, 4) is 0 Å². The summed E-state index contributed by atoms with van der Waals surface area (Å²) in [6, 6.07) is 0. The number of allylic oxidation sites excluding steroid dienone is 30. The Bertz CT molecular complexity index is 1680. The van der Waals surface area contributed by atoms with Crippen LogP contribution in [0.5, 0.6) is 0 Å². The molecule has 0 bridgehead atoms. The lowest BCUT2D eigenvalue weighted by molar-refractivity contribution is -0.161. The largest absolute Gasteiger partial charge is 0.462 e. The van der Waals surface area contributed by atoms with Crippen molar-refractivity contribution in [3.63, 3.8) is 0 Å². The van der Waals surface area contributed by atoms with Crippen LogP contribution in [0.4, 0.5) is 0 Å². The van der Waals surface area contributed by atoms with Gasteiger partial charge < -0.3 is 14.6 Å². The Balaban J connectivity index is 3.67. The second-order valence-electron chi connectivity index (χ2n) is 17.9. The summed E-state index contributed by atoms with van der Waals surface area (Å²) >= 11 is 0. The third-order valence-corrected chi connectivity index (χ3v) is 11.2. The van der Waals surface area contributed by atoms with E-state index in [0.29, 0.717) is 12.8 Å². The summed E-state index contributed by atoms with van der Waals surface area (Å²) in [5.41, 5.74) is 0. The fraction of sp³-hybridized carbons (Fsp3) is 0.522. The fourth-order valence-electron chi connectivity index (χ4n) is 7.02. The first-order chi connectivity index (χ1) is 35.6. The Hall–Kier alpha value is -5.00. The third kappa shape index (κ3) is 57.6. The van der Waals surface area contributed by atoms with Crippen LogP contribution in [0.25, 0.3) is 0 Å². The maximum absolute atomic E-state index is 12.3. The average molecular weight is 988 g/mol. The van der Waals surface area contributed by atoms with Crippen molar-refractivity contribution in [1.82, 2.24) is 0 Å². The molecule has 0 saturated heterocycles. The summed E-state index contributed by atoms with van der Waals surface area (Å²) in [6.45, 7) is 3.86. The standard InChI is InChI=1S/C67H102O5/c1-3-5-7-9-11-13-15-17-19-21-22-23-24-25-26-27-28-29-30-31-32-33-34-35-36-37-38-39-40-41-42-43-44-46-48-50-52-54-56-58-60-62-67(70)72-65(63-68)64-71-66(69)61-59-57-55-53-51-49-47-45-20-18-16-14-12-10-8-6-4-2/h5-8,11-14,17-20,22-23,25-26,28-29,31-32,34-35,37-38,40-41,43-44,47,49,65,68H,3-4,9-10,15-16,21,24,27,30,33,36,39,42,45-46,48,50-64H2,1-2H3/b7-5-,8-6-,13-11-,14-12-,19-17-,20-18-,23-22-,26-25-,29-28-,32-31-,35-34-,38-37-,41-40-,44-43-,49-47-. The van der Waals surface area contributed by atoms with E-state index < -0.39 is 6.10 Å². The highest BCUT2D eigenvalue weighted by Crippen LogP contribution is 2.12. The summed E-state index contributed by atoms with van der Waals surface area (Å²) in [4.78, 5) is 24.5. The second kappa shape index (κ2) is 60.3. The molecular formula is C67H102O5. The van der Waals surface area contributed by atoms with Crippen LogP contribution in [0.2, 0.25) is 0 Å². The molecule has 0 saturated carbocycles. The SMILES string of the molecule is CC/C=C\C/C=C\C/C=C\C/C=C\C/C=C\C/C=C\C/C=C\C/C=C\C/C=C\C/C=C\C/C=C\CCCCCCCCCC(=O)OC(CO)COC(=O)CCCCCC/C=C\C/C=C\C/C=C\C/C=C\CC. The molecule has 72 heavy (non-hydrogen) atoms. The van der Waals surface area contributed by atoms with E-state index in [1.807, 2.05) is 0 Å². The quantitative estimate of drug-likeness (QED) is 0.0374. The van der Waals surface area contributed by atoms with Crippen LogP contribution in [0.1, 0.15) is 206 Å². The number of unbranched alkanes of at least 4 members (excludes halogenated alkanes) is 11. The van der Waals surface area contributed by atoms with E-state index in [9.17, 15) is 14.7 Å².